The first kappa shape index (κ1) is 16.0. The average Bonchev–Trinajstić information content (AvgIpc) is 2.71. The Hall–Kier alpha value is -1.91. The number of Topliss-reactive ketones (excluding diaryl/α,β-unsaturated/α-hetero) is 1. The van der Waals surface area contributed by atoms with E-state index in [1.54, 1.807) is 6.07 Å². The lowest BCUT2D eigenvalue weighted by molar-refractivity contribution is 0.0101. The summed E-state index contributed by atoms with van der Waals surface area (Å²) in [6, 6.07) is 4.17. The molecule has 1 aromatic carbocycles. The second-order valence-electron chi connectivity index (χ2n) is 7.90. The number of ketones is 1. The van der Waals surface area contributed by atoms with Crippen molar-refractivity contribution in [2.75, 3.05) is 6.54 Å². The van der Waals surface area contributed by atoms with Crippen LogP contribution in [0.1, 0.15) is 49.5 Å². The Morgan fingerprint density at radius 2 is 2.09 bits per heavy atom. The predicted molar refractivity (Wildman–Crippen MR) is 84.1 cm³/mol. The van der Waals surface area contributed by atoms with E-state index in [2.05, 4.69) is 0 Å². The summed E-state index contributed by atoms with van der Waals surface area (Å²) in [4.78, 5) is 26.0. The highest BCUT2D eigenvalue weighted by Crippen LogP contribution is 2.49. The van der Waals surface area contributed by atoms with Crippen LogP contribution >= 0.6 is 0 Å². The van der Waals surface area contributed by atoms with Crippen LogP contribution in [0.15, 0.2) is 18.2 Å². The molecular weight excluding hydrogens is 297 g/mol. The third-order valence-corrected chi connectivity index (χ3v) is 5.36. The maximum Gasteiger partial charge on any atom is 0.407 e. The Balaban J connectivity index is 1.96. The van der Waals surface area contributed by atoms with Crippen molar-refractivity contribution >= 4 is 11.9 Å². The van der Waals surface area contributed by atoms with Gasteiger partial charge in [-0.1, -0.05) is 26.8 Å². The van der Waals surface area contributed by atoms with Crippen LogP contribution in [0.3, 0.4) is 0 Å². The quantitative estimate of drug-likeness (QED) is 0.792. The minimum absolute atomic E-state index is 0.0220. The summed E-state index contributed by atoms with van der Waals surface area (Å²) in [7, 11) is 0. The van der Waals surface area contributed by atoms with Gasteiger partial charge < -0.3 is 10.0 Å². The van der Waals surface area contributed by atoms with Gasteiger partial charge in [0.1, 0.15) is 5.82 Å². The van der Waals surface area contributed by atoms with Gasteiger partial charge in [-0.15, -0.1) is 0 Å². The molecule has 5 heteroatoms. The van der Waals surface area contributed by atoms with Gasteiger partial charge >= 0.3 is 6.09 Å². The van der Waals surface area contributed by atoms with Crippen molar-refractivity contribution in [3.8, 4) is 0 Å². The highest BCUT2D eigenvalue weighted by Gasteiger charge is 2.52. The predicted octanol–water partition coefficient (Wildman–Crippen LogP) is 3.74. The van der Waals surface area contributed by atoms with E-state index in [0.29, 0.717) is 31.4 Å². The molecule has 1 amide bonds. The number of hydrogen-bond acceptors (Lipinski definition) is 2. The van der Waals surface area contributed by atoms with E-state index in [1.165, 1.54) is 17.0 Å². The van der Waals surface area contributed by atoms with Crippen molar-refractivity contribution in [1.82, 2.24) is 4.90 Å². The van der Waals surface area contributed by atoms with Gasteiger partial charge in [0.25, 0.3) is 0 Å². The number of halogens is 1. The number of hydrogen-bond donors (Lipinski definition) is 1. The molecule has 124 valence electrons. The van der Waals surface area contributed by atoms with E-state index in [4.69, 9.17) is 0 Å². The molecule has 3 rings (SSSR count). The first-order chi connectivity index (χ1) is 10.6. The van der Waals surface area contributed by atoms with Gasteiger partial charge in [-0.3, -0.25) is 4.79 Å². The van der Waals surface area contributed by atoms with Crippen LogP contribution in [-0.4, -0.2) is 34.5 Å². The average molecular weight is 319 g/mol. The first-order valence-electron chi connectivity index (χ1n) is 7.97. The monoisotopic (exact) mass is 319 g/mol. The Morgan fingerprint density at radius 1 is 1.39 bits per heavy atom. The SMILES string of the molecule is CC(C)(C)C1CC2(CCN1C(=O)O)Cc1ccc(F)cc1C2=O. The molecule has 4 nitrogen and oxygen atoms in total. The molecule has 1 saturated heterocycles. The van der Waals surface area contributed by atoms with E-state index in [0.717, 1.165) is 5.56 Å². The highest BCUT2D eigenvalue weighted by molar-refractivity contribution is 6.05. The number of carbonyl (C=O) groups is 2. The molecule has 2 atom stereocenters. The van der Waals surface area contributed by atoms with Crippen LogP contribution in [0.4, 0.5) is 9.18 Å². The molecule has 23 heavy (non-hydrogen) atoms. The minimum atomic E-state index is -0.936. The van der Waals surface area contributed by atoms with Gasteiger partial charge in [0.15, 0.2) is 5.78 Å². The van der Waals surface area contributed by atoms with Crippen molar-refractivity contribution in [3.05, 3.63) is 35.1 Å². The Morgan fingerprint density at radius 3 is 2.70 bits per heavy atom. The van der Waals surface area contributed by atoms with Gasteiger partial charge in [0, 0.05) is 23.6 Å². The zero-order valence-electron chi connectivity index (χ0n) is 13.7. The molecule has 0 saturated carbocycles. The minimum Gasteiger partial charge on any atom is -0.465 e. The number of amides is 1. The topological polar surface area (TPSA) is 57.6 Å². The smallest absolute Gasteiger partial charge is 0.407 e. The van der Waals surface area contributed by atoms with Crippen LogP contribution < -0.4 is 0 Å². The molecule has 0 radical (unpaired) electrons. The van der Waals surface area contributed by atoms with Crippen molar-refractivity contribution < 1.29 is 19.1 Å². The summed E-state index contributed by atoms with van der Waals surface area (Å²) in [6.07, 6.45) is 0.647. The van der Waals surface area contributed by atoms with Crippen LogP contribution in [0, 0.1) is 16.6 Å². The van der Waals surface area contributed by atoms with Crippen LogP contribution in [-0.2, 0) is 6.42 Å². The van der Waals surface area contributed by atoms with Crippen molar-refractivity contribution in [2.45, 2.75) is 46.1 Å². The van der Waals surface area contributed by atoms with E-state index in [1.807, 2.05) is 20.8 Å². The van der Waals surface area contributed by atoms with E-state index < -0.39 is 17.3 Å². The zero-order chi connectivity index (χ0) is 17.0. The number of carboxylic acid groups (broad SMARTS) is 1. The van der Waals surface area contributed by atoms with Crippen molar-refractivity contribution in [1.29, 1.82) is 0 Å². The summed E-state index contributed by atoms with van der Waals surface area (Å²) in [6.45, 7) is 6.34. The largest absolute Gasteiger partial charge is 0.465 e. The lowest BCUT2D eigenvalue weighted by Gasteiger charge is -2.48. The maximum absolute atomic E-state index is 13.5. The number of carbonyl (C=O) groups excluding carboxylic acids is 1. The summed E-state index contributed by atoms with van der Waals surface area (Å²) < 4.78 is 13.5. The number of nitrogens with zero attached hydrogens (tertiary/aromatic N) is 1. The summed E-state index contributed by atoms with van der Waals surface area (Å²) in [5.41, 5.74) is 0.515. The number of likely N-dealkylation sites (tertiary alicyclic amines) is 1. The van der Waals surface area contributed by atoms with E-state index in [-0.39, 0.29) is 17.2 Å². The molecule has 1 heterocycles. The number of fused-ring (bicyclic) bond motifs is 1. The Labute approximate surface area is 135 Å². The zero-order valence-corrected chi connectivity index (χ0v) is 13.7. The van der Waals surface area contributed by atoms with Gasteiger partial charge in [0.05, 0.1) is 0 Å². The van der Waals surface area contributed by atoms with Crippen LogP contribution in [0.5, 0.6) is 0 Å². The molecule has 1 aromatic rings. The Kier molecular flexibility index (Phi) is 3.50. The highest BCUT2D eigenvalue weighted by atomic mass is 19.1. The fourth-order valence-corrected chi connectivity index (χ4v) is 4.09. The van der Waals surface area contributed by atoms with Crippen LogP contribution in [0.25, 0.3) is 0 Å². The third-order valence-electron chi connectivity index (χ3n) is 5.36. The number of piperidine rings is 1. The lowest BCUT2D eigenvalue weighted by atomic mass is 9.67. The van der Waals surface area contributed by atoms with E-state index >= 15 is 0 Å². The number of benzene rings is 1. The molecule has 1 fully saturated rings. The fraction of sp³-hybridized carbons (Fsp3) is 0.556. The standard InChI is InChI=1S/C18H22FNO3/c1-17(2,3)14-10-18(6-7-20(14)16(22)23)9-11-4-5-12(19)8-13(11)15(18)21/h4-5,8,14H,6-7,9-10H2,1-3H3,(H,22,23). The van der Waals surface area contributed by atoms with Gasteiger partial charge in [-0.25, -0.2) is 9.18 Å². The molecule has 1 spiro atoms. The fourth-order valence-electron chi connectivity index (χ4n) is 4.09. The normalized spacial score (nSPS) is 27.4. The maximum atomic E-state index is 13.5. The van der Waals surface area contributed by atoms with Gasteiger partial charge in [0.2, 0.25) is 0 Å². The molecule has 1 aliphatic carbocycles. The van der Waals surface area contributed by atoms with Gasteiger partial charge in [-0.05, 0) is 42.4 Å². The molecule has 0 aromatic heterocycles. The first-order valence-corrected chi connectivity index (χ1v) is 7.97. The Bertz CT molecular complexity index is 679. The molecule has 2 unspecified atom stereocenters. The molecular formula is C18H22FNO3. The molecule has 1 N–H and O–H groups in total. The van der Waals surface area contributed by atoms with E-state index in [9.17, 15) is 19.1 Å². The van der Waals surface area contributed by atoms with Gasteiger partial charge in [-0.2, -0.15) is 0 Å². The lowest BCUT2D eigenvalue weighted by Crippen LogP contribution is -2.56. The molecule has 0 bridgehead atoms. The van der Waals surface area contributed by atoms with Crippen molar-refractivity contribution in [3.63, 3.8) is 0 Å². The summed E-state index contributed by atoms with van der Waals surface area (Å²) in [5.74, 6) is -0.421. The third kappa shape index (κ3) is 2.52. The second kappa shape index (κ2) is 5.05. The second-order valence-corrected chi connectivity index (χ2v) is 7.90. The van der Waals surface area contributed by atoms with Crippen molar-refractivity contribution in [2.24, 2.45) is 10.8 Å². The molecule has 2 aliphatic rings. The summed E-state index contributed by atoms with van der Waals surface area (Å²) >= 11 is 0. The van der Waals surface area contributed by atoms with Crippen LogP contribution in [0.2, 0.25) is 0 Å². The molecule has 1 aliphatic heterocycles. The summed E-state index contributed by atoms with van der Waals surface area (Å²) in [5, 5.41) is 9.47. The number of rotatable bonds is 0.